The van der Waals surface area contributed by atoms with Gasteiger partial charge in [-0.2, -0.15) is 0 Å². The summed E-state index contributed by atoms with van der Waals surface area (Å²) in [6.45, 7) is 3.41. The van der Waals surface area contributed by atoms with Crippen LogP contribution in [0.5, 0.6) is 11.5 Å². The fourth-order valence-electron chi connectivity index (χ4n) is 3.39. The lowest BCUT2D eigenvalue weighted by Crippen LogP contribution is -2.24. The molecule has 2 aromatic rings. The van der Waals surface area contributed by atoms with E-state index in [9.17, 15) is 0 Å². The Hall–Kier alpha value is -1.52. The van der Waals surface area contributed by atoms with E-state index in [-0.39, 0.29) is 0 Å². The number of hydrogen-bond donors (Lipinski definition) is 1. The van der Waals surface area contributed by atoms with Crippen molar-refractivity contribution in [2.24, 2.45) is 0 Å². The average molecular weight is 390 g/mol. The number of hydrogen-bond acceptors (Lipinski definition) is 3. The van der Waals surface area contributed by atoms with Crippen LogP contribution in [0.1, 0.15) is 42.5 Å². The molecule has 0 fully saturated rings. The van der Waals surface area contributed by atoms with Gasteiger partial charge in [0.2, 0.25) is 0 Å². The van der Waals surface area contributed by atoms with Gasteiger partial charge >= 0.3 is 0 Å². The van der Waals surface area contributed by atoms with Crippen molar-refractivity contribution >= 4 is 15.9 Å². The maximum absolute atomic E-state index is 5.71. The Labute approximate surface area is 152 Å². The lowest BCUT2D eigenvalue weighted by atomic mass is 9.87. The molecule has 1 N–H and O–H groups in total. The lowest BCUT2D eigenvalue weighted by molar-refractivity contribution is 0.309. The first-order chi connectivity index (χ1) is 11.7. The van der Waals surface area contributed by atoms with Crippen LogP contribution in [0.4, 0.5) is 0 Å². The van der Waals surface area contributed by atoms with Crippen LogP contribution in [0.2, 0.25) is 0 Å². The number of aryl methyl sites for hydroxylation is 1. The molecule has 0 aliphatic heterocycles. The molecule has 0 aromatic heterocycles. The second kappa shape index (κ2) is 8.04. The number of fused-ring (bicyclic) bond motifs is 1. The average Bonchev–Trinajstić information content (AvgIpc) is 2.60. The van der Waals surface area contributed by atoms with Crippen molar-refractivity contribution in [3.63, 3.8) is 0 Å². The van der Waals surface area contributed by atoms with Gasteiger partial charge in [-0.1, -0.05) is 24.3 Å². The summed E-state index contributed by atoms with van der Waals surface area (Å²) >= 11 is 3.59. The van der Waals surface area contributed by atoms with Gasteiger partial charge < -0.3 is 14.8 Å². The van der Waals surface area contributed by atoms with Gasteiger partial charge in [0.15, 0.2) is 11.5 Å². The number of rotatable bonds is 6. The molecule has 24 heavy (non-hydrogen) atoms. The summed E-state index contributed by atoms with van der Waals surface area (Å²) < 4.78 is 12.1. The maximum atomic E-state index is 5.71. The van der Waals surface area contributed by atoms with Crippen molar-refractivity contribution in [2.45, 2.75) is 38.8 Å². The van der Waals surface area contributed by atoms with Gasteiger partial charge in [-0.3, -0.25) is 0 Å². The summed E-state index contributed by atoms with van der Waals surface area (Å²) in [5, 5.41) is 3.71. The topological polar surface area (TPSA) is 30.5 Å². The van der Waals surface area contributed by atoms with Crippen molar-refractivity contribution in [1.82, 2.24) is 5.32 Å². The zero-order valence-corrected chi connectivity index (χ0v) is 15.9. The molecule has 0 bridgehead atoms. The van der Waals surface area contributed by atoms with Gasteiger partial charge in [0, 0.05) is 12.6 Å². The minimum absolute atomic E-state index is 0.423. The summed E-state index contributed by atoms with van der Waals surface area (Å²) in [7, 11) is 1.67. The number of ether oxygens (including phenoxy) is 2. The molecule has 2 aromatic carbocycles. The van der Waals surface area contributed by atoms with Crippen molar-refractivity contribution in [1.29, 1.82) is 0 Å². The highest BCUT2D eigenvalue weighted by atomic mass is 79.9. The van der Waals surface area contributed by atoms with E-state index < -0.39 is 0 Å². The van der Waals surface area contributed by atoms with Crippen LogP contribution in [0, 0.1) is 0 Å². The molecule has 1 atom stereocenters. The van der Waals surface area contributed by atoms with Gasteiger partial charge in [-0.15, -0.1) is 0 Å². The molecule has 1 unspecified atom stereocenters. The third-order valence-electron chi connectivity index (χ3n) is 4.50. The second-order valence-corrected chi connectivity index (χ2v) is 6.92. The fraction of sp³-hybridized carbons (Fsp3) is 0.400. The van der Waals surface area contributed by atoms with Gasteiger partial charge in [-0.05, 0) is 70.9 Å². The van der Waals surface area contributed by atoms with E-state index in [0.29, 0.717) is 12.6 Å². The van der Waals surface area contributed by atoms with Crippen LogP contribution in [0.15, 0.2) is 40.9 Å². The maximum Gasteiger partial charge on any atom is 0.174 e. The Bertz CT molecular complexity index is 702. The van der Waals surface area contributed by atoms with Gasteiger partial charge in [0.1, 0.15) is 0 Å². The number of nitrogens with one attached hydrogen (secondary N) is 1. The molecule has 0 saturated carbocycles. The van der Waals surface area contributed by atoms with Gasteiger partial charge in [-0.25, -0.2) is 0 Å². The van der Waals surface area contributed by atoms with E-state index >= 15 is 0 Å². The molecule has 0 saturated heterocycles. The fourth-order valence-corrected chi connectivity index (χ4v) is 4.04. The molecule has 0 heterocycles. The Morgan fingerprint density at radius 1 is 1.25 bits per heavy atom. The van der Waals surface area contributed by atoms with Gasteiger partial charge in [0.05, 0.1) is 18.2 Å². The minimum atomic E-state index is 0.423. The van der Waals surface area contributed by atoms with E-state index in [1.54, 1.807) is 7.11 Å². The number of benzene rings is 2. The normalized spacial score (nSPS) is 16.5. The van der Waals surface area contributed by atoms with Crippen LogP contribution in [-0.2, 0) is 13.0 Å². The molecular weight excluding hydrogens is 366 g/mol. The summed E-state index contributed by atoms with van der Waals surface area (Å²) in [6.07, 6.45) is 3.62. The van der Waals surface area contributed by atoms with Crippen molar-refractivity contribution in [2.75, 3.05) is 13.7 Å². The van der Waals surface area contributed by atoms with E-state index in [1.807, 2.05) is 6.92 Å². The molecule has 4 heteroatoms. The van der Waals surface area contributed by atoms with Crippen LogP contribution >= 0.6 is 15.9 Å². The quantitative estimate of drug-likeness (QED) is 0.751. The lowest BCUT2D eigenvalue weighted by Gasteiger charge is -2.26. The SMILES string of the molecule is CCOc1cc(CNC2CCCc3ccccc32)cc(Br)c1OC. The molecule has 1 aliphatic rings. The Balaban J connectivity index is 1.76. The number of halogens is 1. The molecule has 0 amide bonds. The molecular formula is C20H24BrNO2. The Kier molecular flexibility index (Phi) is 5.80. The molecule has 3 nitrogen and oxygen atoms in total. The predicted molar refractivity (Wildman–Crippen MR) is 101 cm³/mol. The van der Waals surface area contributed by atoms with Crippen molar-refractivity contribution in [3.8, 4) is 11.5 Å². The largest absolute Gasteiger partial charge is 0.492 e. The zero-order chi connectivity index (χ0) is 16.9. The highest BCUT2D eigenvalue weighted by molar-refractivity contribution is 9.10. The highest BCUT2D eigenvalue weighted by Gasteiger charge is 2.19. The first-order valence-electron chi connectivity index (χ1n) is 8.53. The van der Waals surface area contributed by atoms with Crippen molar-refractivity contribution < 1.29 is 9.47 Å². The molecule has 1 aliphatic carbocycles. The second-order valence-electron chi connectivity index (χ2n) is 6.07. The minimum Gasteiger partial charge on any atom is -0.492 e. The van der Waals surface area contributed by atoms with E-state index in [4.69, 9.17) is 9.47 Å². The third kappa shape index (κ3) is 3.76. The van der Waals surface area contributed by atoms with Crippen molar-refractivity contribution in [3.05, 3.63) is 57.6 Å². The third-order valence-corrected chi connectivity index (χ3v) is 5.08. The first-order valence-corrected chi connectivity index (χ1v) is 9.32. The Morgan fingerprint density at radius 2 is 2.08 bits per heavy atom. The summed E-state index contributed by atoms with van der Waals surface area (Å²) in [6, 6.07) is 13.4. The molecule has 0 spiro atoms. The first kappa shape index (κ1) is 17.3. The van der Waals surface area contributed by atoms with Crippen LogP contribution in [0.3, 0.4) is 0 Å². The van der Waals surface area contributed by atoms with E-state index in [1.165, 1.54) is 36.0 Å². The van der Waals surface area contributed by atoms with Crippen LogP contribution in [-0.4, -0.2) is 13.7 Å². The predicted octanol–water partition coefficient (Wildman–Crippen LogP) is 5.02. The molecule has 0 radical (unpaired) electrons. The number of methoxy groups -OCH3 is 1. The zero-order valence-electron chi connectivity index (χ0n) is 14.3. The molecule has 128 valence electrons. The Morgan fingerprint density at radius 3 is 2.88 bits per heavy atom. The molecule has 3 rings (SSSR count). The van der Waals surface area contributed by atoms with E-state index in [2.05, 4.69) is 57.6 Å². The van der Waals surface area contributed by atoms with E-state index in [0.717, 1.165) is 22.5 Å². The van der Waals surface area contributed by atoms with Crippen LogP contribution < -0.4 is 14.8 Å². The monoisotopic (exact) mass is 389 g/mol. The smallest absolute Gasteiger partial charge is 0.174 e. The highest BCUT2D eigenvalue weighted by Crippen LogP contribution is 2.37. The summed E-state index contributed by atoms with van der Waals surface area (Å²) in [4.78, 5) is 0. The van der Waals surface area contributed by atoms with Gasteiger partial charge in [0.25, 0.3) is 0 Å². The van der Waals surface area contributed by atoms with Crippen LogP contribution in [0.25, 0.3) is 0 Å². The summed E-state index contributed by atoms with van der Waals surface area (Å²) in [5.41, 5.74) is 4.11. The summed E-state index contributed by atoms with van der Waals surface area (Å²) in [5.74, 6) is 1.54. The standard InChI is InChI=1S/C20H24BrNO2/c1-3-24-19-12-14(11-17(21)20(19)23-2)13-22-18-10-6-8-15-7-4-5-9-16(15)18/h4-5,7,9,11-12,18,22H,3,6,8,10,13H2,1-2H3.